The Balaban J connectivity index is -0.0000000267. The molecule has 0 rings (SSSR count). The second-order valence-corrected chi connectivity index (χ2v) is 1.80. The van der Waals surface area contributed by atoms with E-state index in [-0.39, 0.29) is 53.0 Å². The number of hydrogen-bond donors (Lipinski definition) is 4. The van der Waals surface area contributed by atoms with Crippen LogP contribution in [0.15, 0.2) is 0 Å². The van der Waals surface area contributed by atoms with Crippen molar-refractivity contribution in [2.45, 2.75) is 0 Å². The van der Waals surface area contributed by atoms with Crippen LogP contribution in [0.3, 0.4) is 0 Å². The first-order valence-corrected chi connectivity index (χ1v) is 2.68. The van der Waals surface area contributed by atoms with Gasteiger partial charge in [0.25, 0.3) is 0 Å². The van der Waals surface area contributed by atoms with Gasteiger partial charge in [-0.05, 0) is 0 Å². The Morgan fingerprint density at radius 1 is 0.875 bits per heavy atom. The van der Waals surface area contributed by atoms with Crippen LogP contribution in [0.1, 0.15) is 0 Å². The summed E-state index contributed by atoms with van der Waals surface area (Å²) < 4.78 is 0. The molecule has 4 N–H and O–H groups in total. The molecule has 0 aliphatic rings. The normalized spacial score (nSPS) is 7.50. The summed E-state index contributed by atoms with van der Waals surface area (Å²) in [5.41, 5.74) is 0. The molecule has 0 amide bonds. The van der Waals surface area contributed by atoms with E-state index >= 15 is 0 Å². The molecule has 4 nitrogen and oxygen atoms in total. The molecule has 0 saturated heterocycles. The van der Waals surface area contributed by atoms with Crippen LogP contribution >= 0.6 is 0 Å². The van der Waals surface area contributed by atoms with E-state index in [1.165, 1.54) is 0 Å². The van der Waals surface area contributed by atoms with Crippen molar-refractivity contribution in [1.29, 1.82) is 0 Å². The zero-order chi connectivity index (χ0) is 4.50. The number of hydrogen-bond acceptors (Lipinski definition) is 4. The van der Waals surface area contributed by atoms with Crippen LogP contribution in [-0.2, 0) is 34.1 Å². The van der Waals surface area contributed by atoms with Gasteiger partial charge in [-0.3, -0.25) is 0 Å². The average molecular weight is 223 g/mol. The molecule has 0 fully saturated rings. The summed E-state index contributed by atoms with van der Waals surface area (Å²) in [6, 6.07) is 0. The molecule has 8 heavy (non-hydrogen) atoms. The quantitative estimate of drug-likeness (QED) is 0.325. The van der Waals surface area contributed by atoms with E-state index in [0.29, 0.717) is 0 Å². The molecule has 0 aromatic carbocycles. The predicted molar refractivity (Wildman–Crippen MR) is 21.8 cm³/mol. The first kappa shape index (κ1) is 22.6. The Kier molecular flexibility index (Phi) is 24.6. The topological polar surface area (TPSA) is 80.9 Å². The minimum atomic E-state index is -4.61. The Labute approximate surface area is 80.9 Å². The van der Waals surface area contributed by atoms with Gasteiger partial charge in [-0.1, -0.05) is 0 Å². The molecule has 0 bridgehead atoms. The maximum atomic E-state index is 7.33. The fourth-order valence-corrected chi connectivity index (χ4v) is 0. The molecular formula is H5CuLiMnO4Si. The second-order valence-electron chi connectivity index (χ2n) is 0.600. The van der Waals surface area contributed by atoms with E-state index in [0.717, 1.165) is 0 Å². The van der Waals surface area contributed by atoms with Gasteiger partial charge < -0.3 is 19.2 Å². The van der Waals surface area contributed by atoms with Gasteiger partial charge in [-0.2, -0.15) is 0 Å². The van der Waals surface area contributed by atoms with E-state index in [1.807, 2.05) is 0 Å². The zero-order valence-corrected chi connectivity index (χ0v) is 6.09. The van der Waals surface area contributed by atoms with E-state index in [1.54, 1.807) is 0 Å². The van der Waals surface area contributed by atoms with Gasteiger partial charge in [0, 0.05) is 34.1 Å². The molecule has 0 aromatic heterocycles. The molecule has 8 heteroatoms. The maximum Gasteiger partial charge on any atom is 0 e. The molecule has 0 aromatic rings. The van der Waals surface area contributed by atoms with Crippen molar-refractivity contribution in [2.75, 3.05) is 0 Å². The third kappa shape index (κ3) is 120. The summed E-state index contributed by atoms with van der Waals surface area (Å²) in [7, 11) is -4.61. The summed E-state index contributed by atoms with van der Waals surface area (Å²) in [6.07, 6.45) is 0. The molecule has 0 aliphatic carbocycles. The first-order chi connectivity index (χ1) is 2.00. The van der Waals surface area contributed by atoms with Crippen molar-refractivity contribution in [3.63, 3.8) is 0 Å². The van der Waals surface area contributed by atoms with Gasteiger partial charge in [0.2, 0.25) is 0 Å². The monoisotopic (exact) mass is 222 g/mol. The van der Waals surface area contributed by atoms with Gasteiger partial charge >= 0.3 is 27.9 Å². The molecule has 0 heterocycles. The summed E-state index contributed by atoms with van der Waals surface area (Å²) >= 11 is 0. The van der Waals surface area contributed by atoms with E-state index in [4.69, 9.17) is 19.2 Å². The Bertz CT molecular complexity index is 31.5. The maximum absolute atomic E-state index is 7.33. The molecule has 0 unspecified atom stereocenters. The fourth-order valence-electron chi connectivity index (χ4n) is 0. The van der Waals surface area contributed by atoms with Crippen molar-refractivity contribution < 1.29 is 53.3 Å². The van der Waals surface area contributed by atoms with Gasteiger partial charge in [0.15, 0.2) is 0 Å². The van der Waals surface area contributed by atoms with Gasteiger partial charge in [0.1, 0.15) is 0 Å². The SMILES string of the molecule is O[Si](O)(O)O.[Cu].[LiH].[Mn]. The number of rotatable bonds is 0. The fraction of sp³-hybridized carbons (Fsp3) is 0. The van der Waals surface area contributed by atoms with Crippen LogP contribution in [-0.4, -0.2) is 47.1 Å². The standard InChI is InChI=1S/Cu.Li.Mn.H4O4Si.H/c;;;1-5(2,3)4;/h;;;1-4H;. The van der Waals surface area contributed by atoms with Gasteiger partial charge in [-0.15, -0.1) is 0 Å². The molecule has 0 spiro atoms. The van der Waals surface area contributed by atoms with Crippen molar-refractivity contribution in [2.24, 2.45) is 0 Å². The van der Waals surface area contributed by atoms with E-state index < -0.39 is 9.05 Å². The molecule has 52 valence electrons. The van der Waals surface area contributed by atoms with Gasteiger partial charge in [-0.25, -0.2) is 0 Å². The average Bonchev–Trinajstić information content (AvgIpc) is 0.722. The van der Waals surface area contributed by atoms with Crippen molar-refractivity contribution in [3.8, 4) is 0 Å². The summed E-state index contributed by atoms with van der Waals surface area (Å²) in [5, 5.41) is 0. The van der Waals surface area contributed by atoms with Crippen LogP contribution < -0.4 is 0 Å². The summed E-state index contributed by atoms with van der Waals surface area (Å²) in [5.74, 6) is 0. The predicted octanol–water partition coefficient (Wildman–Crippen LogP) is -3.26. The largest absolute Gasteiger partial charge is 0 e. The smallest absolute Gasteiger partial charge is 0 e. The van der Waals surface area contributed by atoms with Crippen molar-refractivity contribution in [3.05, 3.63) is 0 Å². The molecular weight excluding hydrogens is 218 g/mol. The minimum Gasteiger partial charge on any atom is 0 e. The van der Waals surface area contributed by atoms with Crippen molar-refractivity contribution >= 4 is 27.9 Å². The Morgan fingerprint density at radius 3 is 0.875 bits per heavy atom. The third-order valence-electron chi connectivity index (χ3n) is 0. The molecule has 0 saturated carbocycles. The molecule has 2 radical (unpaired) electrons. The Morgan fingerprint density at radius 2 is 0.875 bits per heavy atom. The van der Waals surface area contributed by atoms with Crippen LogP contribution in [0.4, 0.5) is 0 Å². The summed E-state index contributed by atoms with van der Waals surface area (Å²) in [6.45, 7) is 0. The third-order valence-corrected chi connectivity index (χ3v) is 0. The summed E-state index contributed by atoms with van der Waals surface area (Å²) in [4.78, 5) is 29.3. The van der Waals surface area contributed by atoms with E-state index in [9.17, 15) is 0 Å². The second kappa shape index (κ2) is 8.69. The molecule has 0 atom stereocenters. The van der Waals surface area contributed by atoms with Crippen LogP contribution in [0.25, 0.3) is 0 Å². The Hall–Kier alpha value is 1.69. The van der Waals surface area contributed by atoms with Crippen molar-refractivity contribution in [1.82, 2.24) is 0 Å². The zero-order valence-electron chi connectivity index (χ0n) is 2.97. The van der Waals surface area contributed by atoms with Crippen LogP contribution in [0.2, 0.25) is 0 Å². The minimum absolute atomic E-state index is 0. The van der Waals surface area contributed by atoms with E-state index in [2.05, 4.69) is 0 Å². The van der Waals surface area contributed by atoms with Crippen LogP contribution in [0, 0.1) is 0 Å². The molecule has 0 aliphatic heterocycles. The van der Waals surface area contributed by atoms with Gasteiger partial charge in [0.05, 0.1) is 0 Å². The first-order valence-electron chi connectivity index (χ1n) is 0.894. The van der Waals surface area contributed by atoms with Crippen LogP contribution in [0.5, 0.6) is 0 Å².